The minimum absolute atomic E-state index is 0.0580. The van der Waals surface area contributed by atoms with Crippen molar-refractivity contribution in [3.63, 3.8) is 0 Å². The second-order valence-corrected chi connectivity index (χ2v) is 4.95. The Bertz CT molecular complexity index is 273. The van der Waals surface area contributed by atoms with Crippen molar-refractivity contribution in [2.75, 3.05) is 7.11 Å². The van der Waals surface area contributed by atoms with Crippen LogP contribution in [-0.4, -0.2) is 7.11 Å². The van der Waals surface area contributed by atoms with Crippen LogP contribution in [0.25, 0.3) is 0 Å². The maximum Gasteiger partial charge on any atom is 0.178 e. The molecule has 0 unspecified atom stereocenters. The van der Waals surface area contributed by atoms with Gasteiger partial charge in [-0.3, -0.25) is 0 Å². The lowest BCUT2D eigenvalue weighted by atomic mass is 9.89. The third kappa shape index (κ3) is 1.75. The molecule has 1 rings (SSSR count). The van der Waals surface area contributed by atoms with Crippen molar-refractivity contribution in [1.29, 1.82) is 0 Å². The van der Waals surface area contributed by atoms with Gasteiger partial charge >= 0.3 is 0 Å². The fraction of sp³-hybridized carbons (Fsp3) is 0.556. The number of halogens is 1. The van der Waals surface area contributed by atoms with Gasteiger partial charge in [0.2, 0.25) is 0 Å². The molecule has 1 aromatic heterocycles. The van der Waals surface area contributed by atoms with Crippen molar-refractivity contribution >= 4 is 22.9 Å². The third-order valence-electron chi connectivity index (χ3n) is 1.65. The van der Waals surface area contributed by atoms with E-state index < -0.39 is 0 Å². The second-order valence-electron chi connectivity index (χ2n) is 3.70. The molecule has 0 atom stereocenters. The quantitative estimate of drug-likeness (QED) is 0.678. The van der Waals surface area contributed by atoms with E-state index in [0.717, 1.165) is 15.6 Å². The van der Waals surface area contributed by atoms with Gasteiger partial charge in [0.1, 0.15) is 0 Å². The average molecular weight is 205 g/mol. The van der Waals surface area contributed by atoms with E-state index >= 15 is 0 Å². The van der Waals surface area contributed by atoms with Crippen LogP contribution in [0.15, 0.2) is 5.38 Å². The van der Waals surface area contributed by atoms with Gasteiger partial charge in [0.15, 0.2) is 5.06 Å². The van der Waals surface area contributed by atoms with Crippen LogP contribution < -0.4 is 4.74 Å². The highest BCUT2D eigenvalue weighted by Crippen LogP contribution is 2.41. The summed E-state index contributed by atoms with van der Waals surface area (Å²) in [5.74, 6) is 0. The fourth-order valence-electron chi connectivity index (χ4n) is 1.14. The van der Waals surface area contributed by atoms with Crippen molar-refractivity contribution in [3.05, 3.63) is 16.0 Å². The molecule has 0 radical (unpaired) electrons. The highest BCUT2D eigenvalue weighted by Gasteiger charge is 2.23. The van der Waals surface area contributed by atoms with E-state index in [2.05, 4.69) is 20.8 Å². The molecule has 0 saturated heterocycles. The molecule has 0 saturated carbocycles. The van der Waals surface area contributed by atoms with Gasteiger partial charge in [-0.1, -0.05) is 32.4 Å². The van der Waals surface area contributed by atoms with E-state index in [1.807, 2.05) is 5.38 Å². The van der Waals surface area contributed by atoms with Crippen molar-refractivity contribution in [2.24, 2.45) is 0 Å². The summed E-state index contributed by atoms with van der Waals surface area (Å²) >= 11 is 7.59. The zero-order valence-corrected chi connectivity index (χ0v) is 9.34. The molecule has 0 aliphatic heterocycles. The molecule has 0 aliphatic rings. The number of ether oxygens (including phenoxy) is 1. The van der Waals surface area contributed by atoms with Crippen LogP contribution in [0.3, 0.4) is 0 Å². The molecule has 0 N–H and O–H groups in total. The minimum atomic E-state index is 0.0580. The molecule has 0 fully saturated rings. The molecule has 1 heterocycles. The van der Waals surface area contributed by atoms with Crippen molar-refractivity contribution in [1.82, 2.24) is 0 Å². The largest absolute Gasteiger partial charge is 0.487 e. The van der Waals surface area contributed by atoms with E-state index in [9.17, 15) is 0 Å². The molecule has 0 aromatic carbocycles. The van der Waals surface area contributed by atoms with Gasteiger partial charge in [-0.15, -0.1) is 11.3 Å². The normalized spacial score (nSPS) is 11.8. The van der Waals surface area contributed by atoms with Gasteiger partial charge < -0.3 is 4.74 Å². The lowest BCUT2D eigenvalue weighted by Gasteiger charge is -2.19. The topological polar surface area (TPSA) is 9.23 Å². The van der Waals surface area contributed by atoms with Gasteiger partial charge in [0.05, 0.1) is 12.1 Å². The smallest absolute Gasteiger partial charge is 0.178 e. The van der Waals surface area contributed by atoms with Gasteiger partial charge in [-0.05, 0) is 5.41 Å². The van der Waals surface area contributed by atoms with Gasteiger partial charge in [0.25, 0.3) is 0 Å². The Morgan fingerprint density at radius 3 is 2.33 bits per heavy atom. The lowest BCUT2D eigenvalue weighted by molar-refractivity contribution is 0.410. The van der Waals surface area contributed by atoms with Crippen molar-refractivity contribution in [2.45, 2.75) is 26.2 Å². The Hall–Kier alpha value is -0.210. The second kappa shape index (κ2) is 3.27. The Kier molecular flexibility index (Phi) is 2.69. The molecule has 1 aromatic rings. The van der Waals surface area contributed by atoms with Crippen LogP contribution in [0, 0.1) is 0 Å². The average Bonchev–Trinajstić information content (AvgIpc) is 2.29. The fourth-order valence-corrected chi connectivity index (χ4v) is 2.65. The molecule has 12 heavy (non-hydrogen) atoms. The first kappa shape index (κ1) is 9.87. The monoisotopic (exact) mass is 204 g/mol. The highest BCUT2D eigenvalue weighted by molar-refractivity contribution is 7.12. The zero-order valence-electron chi connectivity index (χ0n) is 7.77. The van der Waals surface area contributed by atoms with Crippen LogP contribution in [0.1, 0.15) is 26.3 Å². The van der Waals surface area contributed by atoms with Crippen LogP contribution in [-0.2, 0) is 5.41 Å². The van der Waals surface area contributed by atoms with Gasteiger partial charge in [-0.25, -0.2) is 0 Å². The predicted molar refractivity (Wildman–Crippen MR) is 54.6 cm³/mol. The summed E-state index contributed by atoms with van der Waals surface area (Å²) < 4.78 is 5.23. The number of thiophene rings is 1. The molecule has 0 amide bonds. The predicted octanol–water partition coefficient (Wildman–Crippen LogP) is 3.71. The summed E-state index contributed by atoms with van der Waals surface area (Å²) in [6.07, 6.45) is 0. The van der Waals surface area contributed by atoms with Crippen LogP contribution in [0.5, 0.6) is 5.06 Å². The van der Waals surface area contributed by atoms with Crippen LogP contribution >= 0.6 is 22.9 Å². The number of hydrogen-bond acceptors (Lipinski definition) is 2. The summed E-state index contributed by atoms with van der Waals surface area (Å²) in [7, 11) is 1.68. The molecule has 1 nitrogen and oxygen atoms in total. The standard InChI is InChI=1S/C9H13ClOS/c1-9(2,3)7-6(10)5-12-8(7)11-4/h5H,1-4H3. The Labute approximate surface area is 82.3 Å². The minimum Gasteiger partial charge on any atom is -0.487 e. The first-order chi connectivity index (χ1) is 5.46. The Balaban J connectivity index is 3.19. The van der Waals surface area contributed by atoms with Crippen LogP contribution in [0.2, 0.25) is 5.02 Å². The lowest BCUT2D eigenvalue weighted by Crippen LogP contribution is -2.11. The van der Waals surface area contributed by atoms with Gasteiger partial charge in [-0.2, -0.15) is 0 Å². The summed E-state index contributed by atoms with van der Waals surface area (Å²) in [5.41, 5.74) is 1.17. The molecule has 0 spiro atoms. The zero-order chi connectivity index (χ0) is 9.35. The first-order valence-electron chi connectivity index (χ1n) is 3.78. The molecule has 0 bridgehead atoms. The molecule has 3 heteroatoms. The van der Waals surface area contributed by atoms with Gasteiger partial charge in [0, 0.05) is 10.9 Å². The molecule has 0 aliphatic carbocycles. The van der Waals surface area contributed by atoms with Crippen molar-refractivity contribution in [3.8, 4) is 5.06 Å². The van der Waals surface area contributed by atoms with E-state index in [4.69, 9.17) is 16.3 Å². The van der Waals surface area contributed by atoms with E-state index in [-0.39, 0.29) is 5.41 Å². The maximum atomic E-state index is 6.04. The summed E-state index contributed by atoms with van der Waals surface area (Å²) in [6, 6.07) is 0. The highest BCUT2D eigenvalue weighted by atomic mass is 35.5. The van der Waals surface area contributed by atoms with E-state index in [1.165, 1.54) is 0 Å². The number of rotatable bonds is 1. The summed E-state index contributed by atoms with van der Waals surface area (Å²) in [4.78, 5) is 0. The van der Waals surface area contributed by atoms with E-state index in [1.54, 1.807) is 18.4 Å². The molecular formula is C9H13ClOS. The third-order valence-corrected chi connectivity index (χ3v) is 3.01. The number of methoxy groups -OCH3 is 1. The summed E-state index contributed by atoms with van der Waals surface area (Å²) in [5, 5.41) is 3.65. The first-order valence-corrected chi connectivity index (χ1v) is 5.04. The number of hydrogen-bond donors (Lipinski definition) is 0. The Morgan fingerprint density at radius 2 is 2.00 bits per heavy atom. The van der Waals surface area contributed by atoms with Crippen molar-refractivity contribution < 1.29 is 4.74 Å². The Morgan fingerprint density at radius 1 is 1.42 bits per heavy atom. The van der Waals surface area contributed by atoms with E-state index in [0.29, 0.717) is 0 Å². The maximum absolute atomic E-state index is 6.04. The molecule has 68 valence electrons. The molecular weight excluding hydrogens is 192 g/mol. The van der Waals surface area contributed by atoms with Crippen LogP contribution in [0.4, 0.5) is 0 Å². The summed E-state index contributed by atoms with van der Waals surface area (Å²) in [6.45, 7) is 6.39. The SMILES string of the molecule is COc1scc(Cl)c1C(C)(C)C.